The van der Waals surface area contributed by atoms with Gasteiger partial charge in [0.1, 0.15) is 5.82 Å². The van der Waals surface area contributed by atoms with Gasteiger partial charge in [0, 0.05) is 24.3 Å². The smallest absolute Gasteiger partial charge is 0.253 e. The summed E-state index contributed by atoms with van der Waals surface area (Å²) < 4.78 is 0. The molecule has 1 amide bonds. The van der Waals surface area contributed by atoms with Crippen LogP contribution in [0, 0.1) is 6.92 Å². The number of hydrogen-bond acceptors (Lipinski definition) is 3. The number of amides is 1. The van der Waals surface area contributed by atoms with E-state index in [1.165, 1.54) is 12.4 Å². The molecule has 0 aliphatic rings. The number of pyridine rings is 1. The molecule has 0 spiro atoms. The van der Waals surface area contributed by atoms with Crippen LogP contribution in [0.1, 0.15) is 41.3 Å². The van der Waals surface area contributed by atoms with Crippen molar-refractivity contribution >= 4 is 17.5 Å². The molecule has 0 saturated heterocycles. The molecular formula is C13H15ClN4O. The van der Waals surface area contributed by atoms with Gasteiger partial charge in [0.15, 0.2) is 0 Å². The molecule has 0 bridgehead atoms. The fourth-order valence-electron chi connectivity index (χ4n) is 1.75. The lowest BCUT2D eigenvalue weighted by atomic mass is 10.2. The summed E-state index contributed by atoms with van der Waals surface area (Å²) in [6, 6.07) is 1.43. The monoisotopic (exact) mass is 278 g/mol. The van der Waals surface area contributed by atoms with Crippen molar-refractivity contribution in [2.24, 2.45) is 0 Å². The quantitative estimate of drug-likeness (QED) is 0.903. The van der Waals surface area contributed by atoms with Crippen LogP contribution in [0.3, 0.4) is 0 Å². The number of carbonyl (C=O) groups is 1. The fourth-order valence-corrected chi connectivity index (χ4v) is 1.93. The summed E-state index contributed by atoms with van der Waals surface area (Å²) in [5.41, 5.74) is 1.40. The average molecular weight is 279 g/mol. The molecule has 0 fully saturated rings. The van der Waals surface area contributed by atoms with E-state index in [9.17, 15) is 4.79 Å². The molecule has 0 saturated carbocycles. The SMILES string of the molecule is CCC(NC(=O)c1cncc(Cl)c1)c1ncc(C)[nH]1. The molecule has 6 heteroatoms. The van der Waals surface area contributed by atoms with Crippen LogP contribution in [0.25, 0.3) is 0 Å². The predicted octanol–water partition coefficient (Wildman–Crippen LogP) is 2.65. The lowest BCUT2D eigenvalue weighted by molar-refractivity contribution is 0.0933. The highest BCUT2D eigenvalue weighted by Gasteiger charge is 2.16. The molecule has 1 unspecified atom stereocenters. The number of nitrogens with one attached hydrogen (secondary N) is 2. The topological polar surface area (TPSA) is 70.7 Å². The third-order valence-corrected chi connectivity index (χ3v) is 2.94. The average Bonchev–Trinajstić information content (AvgIpc) is 2.82. The van der Waals surface area contributed by atoms with Gasteiger partial charge in [-0.05, 0) is 19.4 Å². The minimum Gasteiger partial charge on any atom is -0.344 e. The largest absolute Gasteiger partial charge is 0.344 e. The molecule has 1 atom stereocenters. The minimum atomic E-state index is -0.212. The summed E-state index contributed by atoms with van der Waals surface area (Å²) in [5.74, 6) is 0.541. The Morgan fingerprint density at radius 3 is 2.84 bits per heavy atom. The second-order valence-corrected chi connectivity index (χ2v) is 4.71. The zero-order valence-corrected chi connectivity index (χ0v) is 11.5. The Kier molecular flexibility index (Phi) is 4.16. The maximum atomic E-state index is 12.1. The first kappa shape index (κ1) is 13.5. The van der Waals surface area contributed by atoms with Crippen LogP contribution in [0.4, 0.5) is 0 Å². The molecule has 2 aromatic rings. The number of halogens is 1. The molecule has 2 N–H and O–H groups in total. The molecular weight excluding hydrogens is 264 g/mol. The van der Waals surface area contributed by atoms with E-state index in [1.807, 2.05) is 13.8 Å². The highest BCUT2D eigenvalue weighted by atomic mass is 35.5. The zero-order valence-electron chi connectivity index (χ0n) is 10.8. The second-order valence-electron chi connectivity index (χ2n) is 4.28. The van der Waals surface area contributed by atoms with Crippen molar-refractivity contribution in [1.29, 1.82) is 0 Å². The Labute approximate surface area is 116 Å². The van der Waals surface area contributed by atoms with Gasteiger partial charge in [-0.25, -0.2) is 4.98 Å². The van der Waals surface area contributed by atoms with Gasteiger partial charge in [-0.2, -0.15) is 0 Å². The van der Waals surface area contributed by atoms with Crippen molar-refractivity contribution in [3.63, 3.8) is 0 Å². The molecule has 0 aliphatic carbocycles. The van der Waals surface area contributed by atoms with Gasteiger partial charge >= 0.3 is 0 Å². The van der Waals surface area contributed by atoms with E-state index < -0.39 is 0 Å². The molecule has 0 radical (unpaired) electrons. The second kappa shape index (κ2) is 5.84. The first-order valence-electron chi connectivity index (χ1n) is 6.03. The zero-order chi connectivity index (χ0) is 13.8. The fraction of sp³-hybridized carbons (Fsp3) is 0.308. The Morgan fingerprint density at radius 2 is 2.26 bits per heavy atom. The summed E-state index contributed by atoms with van der Waals surface area (Å²) in [7, 11) is 0. The van der Waals surface area contributed by atoms with E-state index in [-0.39, 0.29) is 11.9 Å². The number of H-pyrrole nitrogens is 1. The Bertz CT molecular complexity index is 582. The highest BCUT2D eigenvalue weighted by Crippen LogP contribution is 2.15. The summed E-state index contributed by atoms with van der Waals surface area (Å²) in [5, 5.41) is 3.35. The third kappa shape index (κ3) is 3.32. The number of rotatable bonds is 4. The molecule has 19 heavy (non-hydrogen) atoms. The lowest BCUT2D eigenvalue weighted by Crippen LogP contribution is -2.29. The standard InChI is InChI=1S/C13H15ClN4O/c1-3-11(12-16-5-8(2)17-12)18-13(19)9-4-10(14)7-15-6-9/h4-7,11H,3H2,1-2H3,(H,16,17)(H,18,19). The Hall–Kier alpha value is -1.88. The summed E-state index contributed by atoms with van der Waals surface area (Å²) in [6.45, 7) is 3.91. The maximum absolute atomic E-state index is 12.1. The minimum absolute atomic E-state index is 0.153. The number of nitrogens with zero attached hydrogens (tertiary/aromatic N) is 2. The van der Waals surface area contributed by atoms with E-state index in [0.29, 0.717) is 10.6 Å². The van der Waals surface area contributed by atoms with Crippen LogP contribution < -0.4 is 5.32 Å². The van der Waals surface area contributed by atoms with E-state index in [1.54, 1.807) is 12.3 Å². The number of imidazole rings is 1. The molecule has 2 rings (SSSR count). The van der Waals surface area contributed by atoms with Crippen LogP contribution in [-0.2, 0) is 0 Å². The van der Waals surface area contributed by atoms with Gasteiger partial charge in [0.25, 0.3) is 5.91 Å². The van der Waals surface area contributed by atoms with E-state index >= 15 is 0 Å². The van der Waals surface area contributed by atoms with E-state index in [4.69, 9.17) is 11.6 Å². The molecule has 2 heterocycles. The van der Waals surface area contributed by atoms with Crippen LogP contribution in [0.15, 0.2) is 24.7 Å². The number of aromatic nitrogens is 3. The first-order chi connectivity index (χ1) is 9.10. The third-order valence-electron chi connectivity index (χ3n) is 2.73. The van der Waals surface area contributed by atoms with Gasteiger partial charge in [0.05, 0.1) is 16.6 Å². The summed E-state index contributed by atoms with van der Waals surface area (Å²) in [4.78, 5) is 23.4. The number of aryl methyl sites for hydroxylation is 1. The van der Waals surface area contributed by atoms with Gasteiger partial charge in [-0.15, -0.1) is 0 Å². The van der Waals surface area contributed by atoms with E-state index in [0.717, 1.165) is 17.9 Å². The first-order valence-corrected chi connectivity index (χ1v) is 6.41. The van der Waals surface area contributed by atoms with Crippen LogP contribution in [0.5, 0.6) is 0 Å². The van der Waals surface area contributed by atoms with Crippen molar-refractivity contribution in [1.82, 2.24) is 20.3 Å². The predicted molar refractivity (Wildman–Crippen MR) is 73.1 cm³/mol. The number of aromatic amines is 1. The van der Waals surface area contributed by atoms with Crippen LogP contribution >= 0.6 is 11.6 Å². The molecule has 2 aromatic heterocycles. The molecule has 0 aromatic carbocycles. The van der Waals surface area contributed by atoms with Gasteiger partial charge < -0.3 is 10.3 Å². The number of carbonyl (C=O) groups excluding carboxylic acids is 1. The Balaban J connectivity index is 2.12. The maximum Gasteiger partial charge on any atom is 0.253 e. The van der Waals surface area contributed by atoms with Gasteiger partial charge in [-0.1, -0.05) is 18.5 Å². The lowest BCUT2D eigenvalue weighted by Gasteiger charge is -2.14. The molecule has 0 aliphatic heterocycles. The van der Waals surface area contributed by atoms with E-state index in [2.05, 4.69) is 20.3 Å². The molecule has 5 nitrogen and oxygen atoms in total. The van der Waals surface area contributed by atoms with Crippen molar-refractivity contribution in [3.05, 3.63) is 46.8 Å². The van der Waals surface area contributed by atoms with Crippen molar-refractivity contribution in [2.45, 2.75) is 26.3 Å². The number of hydrogen-bond donors (Lipinski definition) is 2. The summed E-state index contributed by atoms with van der Waals surface area (Å²) in [6.07, 6.45) is 5.46. The normalized spacial score (nSPS) is 12.2. The molecule has 100 valence electrons. The van der Waals surface area contributed by atoms with Gasteiger partial charge in [0.2, 0.25) is 0 Å². The van der Waals surface area contributed by atoms with Crippen LogP contribution in [-0.4, -0.2) is 20.9 Å². The highest BCUT2D eigenvalue weighted by molar-refractivity contribution is 6.30. The van der Waals surface area contributed by atoms with Crippen LogP contribution in [0.2, 0.25) is 5.02 Å². The van der Waals surface area contributed by atoms with Crippen molar-refractivity contribution in [3.8, 4) is 0 Å². The van der Waals surface area contributed by atoms with Crippen molar-refractivity contribution in [2.75, 3.05) is 0 Å². The summed E-state index contributed by atoms with van der Waals surface area (Å²) >= 11 is 5.82. The van der Waals surface area contributed by atoms with Gasteiger partial charge in [-0.3, -0.25) is 9.78 Å². The Morgan fingerprint density at radius 1 is 1.47 bits per heavy atom. The van der Waals surface area contributed by atoms with Crippen molar-refractivity contribution < 1.29 is 4.79 Å².